The van der Waals surface area contributed by atoms with Crippen LogP contribution in [-0.4, -0.2) is 22.8 Å². The second-order valence-electron chi connectivity index (χ2n) is 9.23. The van der Waals surface area contributed by atoms with Crippen LogP contribution in [0.25, 0.3) is 0 Å². The second-order valence-corrected chi connectivity index (χ2v) is 9.23. The molecule has 2 heterocycles. The van der Waals surface area contributed by atoms with E-state index in [4.69, 9.17) is 4.74 Å². The Morgan fingerprint density at radius 1 is 0.781 bits per heavy atom. The Bertz CT molecular complexity index is 1000. The number of carbonyl (C=O) groups is 1. The Morgan fingerprint density at radius 2 is 1.38 bits per heavy atom. The fourth-order valence-corrected chi connectivity index (χ4v) is 5.44. The van der Waals surface area contributed by atoms with Crippen molar-refractivity contribution in [1.82, 2.24) is 4.90 Å². The van der Waals surface area contributed by atoms with E-state index in [2.05, 4.69) is 47.4 Å². The molecule has 2 bridgehead atoms. The SMILES string of the molecule is O=C(c1ccc(OCc2ccccc2)cc1)C1CC2CCCC(C1)N2Cc1ccccc1. The summed E-state index contributed by atoms with van der Waals surface area (Å²) in [5.74, 6) is 1.24. The molecule has 3 aromatic rings. The van der Waals surface area contributed by atoms with Crippen molar-refractivity contribution in [2.75, 3.05) is 0 Å². The number of ketones is 1. The van der Waals surface area contributed by atoms with E-state index >= 15 is 0 Å². The second kappa shape index (κ2) is 9.70. The molecule has 32 heavy (non-hydrogen) atoms. The maximum absolute atomic E-state index is 13.3. The molecular formula is C29H31NO2. The highest BCUT2D eigenvalue weighted by Crippen LogP contribution is 2.39. The van der Waals surface area contributed by atoms with E-state index in [1.165, 1.54) is 24.8 Å². The van der Waals surface area contributed by atoms with Gasteiger partial charge in [-0.15, -0.1) is 0 Å². The highest BCUT2D eigenvalue weighted by Gasteiger charge is 2.40. The summed E-state index contributed by atoms with van der Waals surface area (Å²) in [6.45, 7) is 1.54. The van der Waals surface area contributed by atoms with E-state index in [-0.39, 0.29) is 5.92 Å². The number of hydrogen-bond acceptors (Lipinski definition) is 3. The summed E-state index contributed by atoms with van der Waals surface area (Å²) in [6, 6.07) is 29.7. The number of ether oxygens (including phenoxy) is 1. The molecule has 3 heteroatoms. The van der Waals surface area contributed by atoms with Crippen molar-refractivity contribution < 1.29 is 9.53 Å². The first-order valence-electron chi connectivity index (χ1n) is 11.9. The van der Waals surface area contributed by atoms with Crippen molar-refractivity contribution >= 4 is 5.78 Å². The van der Waals surface area contributed by atoms with E-state index < -0.39 is 0 Å². The third-order valence-electron chi connectivity index (χ3n) is 7.09. The van der Waals surface area contributed by atoms with Gasteiger partial charge in [-0.05, 0) is 61.1 Å². The van der Waals surface area contributed by atoms with Crippen LogP contribution in [0.15, 0.2) is 84.9 Å². The molecule has 2 saturated heterocycles. The highest BCUT2D eigenvalue weighted by atomic mass is 16.5. The van der Waals surface area contributed by atoms with Gasteiger partial charge in [-0.3, -0.25) is 9.69 Å². The predicted octanol–water partition coefficient (Wildman–Crippen LogP) is 6.28. The van der Waals surface area contributed by atoms with Gasteiger partial charge in [0.25, 0.3) is 0 Å². The zero-order valence-corrected chi connectivity index (χ0v) is 18.5. The molecule has 3 aromatic carbocycles. The van der Waals surface area contributed by atoms with Gasteiger partial charge in [0.1, 0.15) is 12.4 Å². The average Bonchev–Trinajstić information content (AvgIpc) is 2.84. The predicted molar refractivity (Wildman–Crippen MR) is 128 cm³/mol. The fraction of sp³-hybridized carbons (Fsp3) is 0.345. The van der Waals surface area contributed by atoms with Crippen LogP contribution in [0.2, 0.25) is 0 Å². The summed E-state index contributed by atoms with van der Waals surface area (Å²) in [6.07, 6.45) is 5.66. The summed E-state index contributed by atoms with van der Waals surface area (Å²) >= 11 is 0. The Hall–Kier alpha value is -2.91. The number of nitrogens with zero attached hydrogens (tertiary/aromatic N) is 1. The number of benzene rings is 3. The van der Waals surface area contributed by atoms with E-state index in [1.54, 1.807) is 0 Å². The summed E-state index contributed by atoms with van der Waals surface area (Å²) < 4.78 is 5.89. The van der Waals surface area contributed by atoms with Crippen molar-refractivity contribution in [2.45, 2.75) is 57.3 Å². The van der Waals surface area contributed by atoms with Crippen LogP contribution >= 0.6 is 0 Å². The first-order valence-corrected chi connectivity index (χ1v) is 11.9. The lowest BCUT2D eigenvalue weighted by atomic mass is 9.75. The Kier molecular flexibility index (Phi) is 6.36. The number of piperidine rings is 2. The Labute approximate surface area is 191 Å². The summed E-state index contributed by atoms with van der Waals surface area (Å²) in [5, 5.41) is 0. The van der Waals surface area contributed by atoms with Gasteiger partial charge in [-0.2, -0.15) is 0 Å². The molecule has 0 N–H and O–H groups in total. The minimum Gasteiger partial charge on any atom is -0.489 e. The van der Waals surface area contributed by atoms with E-state index in [1.807, 2.05) is 42.5 Å². The molecule has 5 rings (SSSR count). The summed E-state index contributed by atoms with van der Waals surface area (Å²) in [7, 11) is 0. The number of rotatable bonds is 7. The normalized spacial score (nSPS) is 22.9. The monoisotopic (exact) mass is 425 g/mol. The third-order valence-corrected chi connectivity index (χ3v) is 7.09. The number of hydrogen-bond donors (Lipinski definition) is 0. The number of fused-ring (bicyclic) bond motifs is 2. The zero-order chi connectivity index (χ0) is 21.8. The van der Waals surface area contributed by atoms with E-state index in [0.29, 0.717) is 24.5 Å². The average molecular weight is 426 g/mol. The van der Waals surface area contributed by atoms with Crippen LogP contribution in [0.4, 0.5) is 0 Å². The molecule has 0 radical (unpaired) electrons. The Morgan fingerprint density at radius 3 is 2.00 bits per heavy atom. The molecule has 0 aliphatic carbocycles. The van der Waals surface area contributed by atoms with Crippen LogP contribution in [-0.2, 0) is 13.2 Å². The maximum atomic E-state index is 13.3. The maximum Gasteiger partial charge on any atom is 0.166 e. The smallest absolute Gasteiger partial charge is 0.166 e. The van der Waals surface area contributed by atoms with Crippen molar-refractivity contribution in [3.05, 3.63) is 102 Å². The van der Waals surface area contributed by atoms with Gasteiger partial charge in [0, 0.05) is 30.1 Å². The van der Waals surface area contributed by atoms with Gasteiger partial charge in [0.2, 0.25) is 0 Å². The first kappa shape index (κ1) is 21.0. The van der Waals surface area contributed by atoms with Crippen LogP contribution in [0.1, 0.15) is 53.6 Å². The largest absolute Gasteiger partial charge is 0.489 e. The first-order chi connectivity index (χ1) is 15.8. The molecule has 0 aromatic heterocycles. The number of carbonyl (C=O) groups excluding carboxylic acids is 1. The van der Waals surface area contributed by atoms with Crippen LogP contribution in [0.3, 0.4) is 0 Å². The molecule has 0 spiro atoms. The van der Waals surface area contributed by atoms with Gasteiger partial charge >= 0.3 is 0 Å². The summed E-state index contributed by atoms with van der Waals surface area (Å²) in [5.41, 5.74) is 3.33. The molecule has 0 saturated carbocycles. The van der Waals surface area contributed by atoms with Crippen LogP contribution in [0, 0.1) is 5.92 Å². The molecule has 2 aliphatic heterocycles. The fourth-order valence-electron chi connectivity index (χ4n) is 5.44. The summed E-state index contributed by atoms with van der Waals surface area (Å²) in [4.78, 5) is 16.0. The molecule has 2 aliphatic rings. The lowest BCUT2D eigenvalue weighted by Crippen LogP contribution is -2.52. The van der Waals surface area contributed by atoms with Gasteiger partial charge in [0.15, 0.2) is 5.78 Å². The van der Waals surface area contributed by atoms with E-state index in [9.17, 15) is 4.79 Å². The van der Waals surface area contributed by atoms with Gasteiger partial charge in [-0.1, -0.05) is 67.1 Å². The topological polar surface area (TPSA) is 29.5 Å². The molecule has 164 valence electrons. The van der Waals surface area contributed by atoms with E-state index in [0.717, 1.165) is 36.3 Å². The minimum absolute atomic E-state index is 0.133. The highest BCUT2D eigenvalue weighted by molar-refractivity contribution is 5.98. The number of Topliss-reactive ketones (excluding diaryl/α,β-unsaturated/α-hetero) is 1. The quantitative estimate of drug-likeness (QED) is 0.417. The lowest BCUT2D eigenvalue weighted by Gasteiger charge is -2.48. The standard InChI is InChI=1S/C29H31NO2/c31-29(24-14-16-28(17-15-24)32-21-23-10-5-2-6-11-23)25-18-26-12-7-13-27(19-25)30(26)20-22-8-3-1-4-9-22/h1-6,8-11,14-17,25-27H,7,12-13,18-21H2. The molecule has 3 nitrogen and oxygen atoms in total. The molecule has 2 unspecified atom stereocenters. The Balaban J connectivity index is 1.21. The van der Waals surface area contributed by atoms with Crippen LogP contribution < -0.4 is 4.74 Å². The van der Waals surface area contributed by atoms with Gasteiger partial charge in [-0.25, -0.2) is 0 Å². The lowest BCUT2D eigenvalue weighted by molar-refractivity contribution is 0.00906. The molecule has 2 atom stereocenters. The van der Waals surface area contributed by atoms with Gasteiger partial charge in [0.05, 0.1) is 0 Å². The zero-order valence-electron chi connectivity index (χ0n) is 18.5. The van der Waals surface area contributed by atoms with Gasteiger partial charge < -0.3 is 4.74 Å². The van der Waals surface area contributed by atoms with Crippen molar-refractivity contribution in [1.29, 1.82) is 0 Å². The van der Waals surface area contributed by atoms with Crippen molar-refractivity contribution in [3.63, 3.8) is 0 Å². The molecule has 0 amide bonds. The molecule has 2 fully saturated rings. The van der Waals surface area contributed by atoms with Crippen molar-refractivity contribution in [3.8, 4) is 5.75 Å². The third kappa shape index (κ3) is 4.78. The van der Waals surface area contributed by atoms with Crippen LogP contribution in [0.5, 0.6) is 5.75 Å². The van der Waals surface area contributed by atoms with Crippen molar-refractivity contribution in [2.24, 2.45) is 5.92 Å². The minimum atomic E-state index is 0.133. The molecular weight excluding hydrogens is 394 g/mol.